The Labute approximate surface area is 216 Å². The summed E-state index contributed by atoms with van der Waals surface area (Å²) >= 11 is 0. The zero-order chi connectivity index (χ0) is 26.4. The van der Waals surface area contributed by atoms with Gasteiger partial charge in [-0.05, 0) is 74.3 Å². The van der Waals surface area contributed by atoms with Crippen LogP contribution in [0, 0.1) is 24.4 Å². The van der Waals surface area contributed by atoms with Crippen LogP contribution in [0.1, 0.15) is 79.3 Å². The summed E-state index contributed by atoms with van der Waals surface area (Å²) in [6.45, 7) is 4.51. The van der Waals surface area contributed by atoms with Crippen molar-refractivity contribution in [3.63, 3.8) is 0 Å². The number of rotatable bonds is 9. The molecule has 0 saturated heterocycles. The largest absolute Gasteiger partial charge is 0.491 e. The van der Waals surface area contributed by atoms with Gasteiger partial charge < -0.3 is 9.47 Å². The first-order valence-corrected chi connectivity index (χ1v) is 13.1. The van der Waals surface area contributed by atoms with Crippen molar-refractivity contribution in [2.24, 2.45) is 0 Å². The summed E-state index contributed by atoms with van der Waals surface area (Å²) in [7, 11) is 0. The molecule has 4 rings (SSSR count). The second kappa shape index (κ2) is 12.3. The van der Waals surface area contributed by atoms with E-state index in [4.69, 9.17) is 9.47 Å². The number of unbranched alkanes of at least 4 members (excludes halogenated alkanes) is 2. The average molecular weight is 511 g/mol. The van der Waals surface area contributed by atoms with Crippen molar-refractivity contribution in [3.8, 4) is 16.9 Å². The fraction of sp³-hybridized carbons (Fsp3) is 0.387. The van der Waals surface area contributed by atoms with E-state index in [1.807, 2.05) is 25.1 Å². The summed E-state index contributed by atoms with van der Waals surface area (Å²) in [6, 6.07) is 14.8. The number of hydrogen-bond acceptors (Lipinski definition) is 3. The lowest BCUT2D eigenvalue weighted by atomic mass is 9.82. The molecule has 0 aromatic heterocycles. The van der Waals surface area contributed by atoms with Crippen LogP contribution in [0.25, 0.3) is 11.1 Å². The molecule has 1 aliphatic rings. The summed E-state index contributed by atoms with van der Waals surface area (Å²) in [5.41, 5.74) is 2.12. The van der Waals surface area contributed by atoms with Crippen LogP contribution in [0.2, 0.25) is 0 Å². The maximum Gasteiger partial charge on any atom is 0.341 e. The Bertz CT molecular complexity index is 1220. The standard InChI is InChI=1S/C31H33F3O3/c1-3-4-5-18-36-28-17-12-23(19-27(28)32)21-10-13-24(14-11-21)37-31(35)26-16-15-25(29(33)30(26)34)22-8-6-20(2)7-9-22/h6-9,12,15-17,19,21,24H,3-5,10-11,13-14,18H2,1-2H3. The van der Waals surface area contributed by atoms with E-state index in [1.165, 1.54) is 18.2 Å². The van der Waals surface area contributed by atoms with E-state index in [-0.39, 0.29) is 23.0 Å². The second-order valence-corrected chi connectivity index (χ2v) is 9.78. The van der Waals surface area contributed by atoms with Gasteiger partial charge in [0.25, 0.3) is 0 Å². The molecule has 0 aliphatic heterocycles. The minimum atomic E-state index is -1.20. The molecule has 37 heavy (non-hydrogen) atoms. The van der Waals surface area contributed by atoms with Gasteiger partial charge in [-0.1, -0.05) is 61.7 Å². The molecule has 0 bridgehead atoms. The van der Waals surface area contributed by atoms with Gasteiger partial charge >= 0.3 is 5.97 Å². The van der Waals surface area contributed by atoms with Gasteiger partial charge in [-0.2, -0.15) is 0 Å². The van der Waals surface area contributed by atoms with Crippen LogP contribution in [0.5, 0.6) is 5.75 Å². The molecule has 0 atom stereocenters. The van der Waals surface area contributed by atoms with Gasteiger partial charge in [0.1, 0.15) is 6.10 Å². The second-order valence-electron chi connectivity index (χ2n) is 9.78. The number of benzene rings is 3. The third kappa shape index (κ3) is 6.54. The molecular weight excluding hydrogens is 477 g/mol. The van der Waals surface area contributed by atoms with E-state index in [1.54, 1.807) is 18.2 Å². The SMILES string of the molecule is CCCCCOc1ccc(C2CCC(OC(=O)c3ccc(-c4ccc(C)cc4)c(F)c3F)CC2)cc1F. The van der Waals surface area contributed by atoms with Gasteiger partial charge in [-0.15, -0.1) is 0 Å². The predicted molar refractivity (Wildman–Crippen MR) is 138 cm³/mol. The number of esters is 1. The lowest BCUT2D eigenvalue weighted by Gasteiger charge is -2.28. The molecule has 0 radical (unpaired) electrons. The highest BCUT2D eigenvalue weighted by atomic mass is 19.2. The molecule has 0 heterocycles. The molecular formula is C31H33F3O3. The molecule has 3 nitrogen and oxygen atoms in total. The third-order valence-electron chi connectivity index (χ3n) is 7.05. The van der Waals surface area contributed by atoms with Crippen molar-refractivity contribution >= 4 is 5.97 Å². The average Bonchev–Trinajstić information content (AvgIpc) is 2.90. The molecule has 0 amide bonds. The number of carbonyl (C=O) groups is 1. The van der Waals surface area contributed by atoms with Crippen molar-refractivity contribution in [1.82, 2.24) is 0 Å². The van der Waals surface area contributed by atoms with Gasteiger partial charge in [0, 0.05) is 5.56 Å². The Hall–Kier alpha value is -3.28. The molecule has 196 valence electrons. The Kier molecular flexibility index (Phi) is 8.91. The Morgan fingerprint density at radius 1 is 0.892 bits per heavy atom. The van der Waals surface area contributed by atoms with Gasteiger partial charge in [0.2, 0.25) is 0 Å². The van der Waals surface area contributed by atoms with Crippen LogP contribution in [-0.2, 0) is 4.74 Å². The number of carbonyl (C=O) groups excluding carboxylic acids is 1. The number of hydrogen-bond donors (Lipinski definition) is 0. The number of aryl methyl sites for hydroxylation is 1. The highest BCUT2D eigenvalue weighted by Crippen LogP contribution is 2.36. The Morgan fingerprint density at radius 3 is 2.30 bits per heavy atom. The molecule has 3 aromatic carbocycles. The topological polar surface area (TPSA) is 35.5 Å². The van der Waals surface area contributed by atoms with Gasteiger partial charge in [0.05, 0.1) is 12.2 Å². The normalized spacial score (nSPS) is 17.4. The third-order valence-corrected chi connectivity index (χ3v) is 7.05. The first-order valence-electron chi connectivity index (χ1n) is 13.1. The van der Waals surface area contributed by atoms with Crippen LogP contribution >= 0.6 is 0 Å². The maximum absolute atomic E-state index is 14.8. The van der Waals surface area contributed by atoms with Gasteiger partial charge in [-0.25, -0.2) is 18.0 Å². The van der Waals surface area contributed by atoms with Gasteiger partial charge in [0.15, 0.2) is 23.2 Å². The molecule has 0 unspecified atom stereocenters. The zero-order valence-corrected chi connectivity index (χ0v) is 21.4. The molecule has 6 heteroatoms. The van der Waals surface area contributed by atoms with Crippen LogP contribution in [0.15, 0.2) is 54.6 Å². The molecule has 1 saturated carbocycles. The quantitative estimate of drug-likeness (QED) is 0.214. The summed E-state index contributed by atoms with van der Waals surface area (Å²) < 4.78 is 55.1. The van der Waals surface area contributed by atoms with Crippen LogP contribution in [0.4, 0.5) is 13.2 Å². The van der Waals surface area contributed by atoms with Crippen LogP contribution in [0.3, 0.4) is 0 Å². The predicted octanol–water partition coefficient (Wildman–Crippen LogP) is 8.53. The maximum atomic E-state index is 14.8. The Morgan fingerprint density at radius 2 is 1.62 bits per heavy atom. The smallest absolute Gasteiger partial charge is 0.341 e. The van der Waals surface area contributed by atoms with Crippen LogP contribution < -0.4 is 4.74 Å². The summed E-state index contributed by atoms with van der Waals surface area (Å²) in [5.74, 6) is -3.10. The Balaban J connectivity index is 1.33. The summed E-state index contributed by atoms with van der Waals surface area (Å²) in [5, 5.41) is 0. The first kappa shape index (κ1) is 26.8. The van der Waals surface area contributed by atoms with E-state index in [0.717, 1.165) is 30.4 Å². The van der Waals surface area contributed by atoms with Crippen molar-refractivity contribution in [2.45, 2.75) is 70.8 Å². The fourth-order valence-corrected chi connectivity index (χ4v) is 4.81. The molecule has 0 spiro atoms. The molecule has 1 aliphatic carbocycles. The van der Waals surface area contributed by atoms with E-state index in [0.29, 0.717) is 37.9 Å². The van der Waals surface area contributed by atoms with Gasteiger partial charge in [-0.3, -0.25) is 0 Å². The number of halogens is 3. The highest BCUT2D eigenvalue weighted by Gasteiger charge is 2.28. The van der Waals surface area contributed by atoms with Crippen molar-refractivity contribution in [2.75, 3.05) is 6.61 Å². The first-order chi connectivity index (χ1) is 17.9. The molecule has 1 fully saturated rings. The summed E-state index contributed by atoms with van der Waals surface area (Å²) in [6.07, 6.45) is 5.18. The zero-order valence-electron chi connectivity index (χ0n) is 21.4. The lowest BCUT2D eigenvalue weighted by Crippen LogP contribution is -2.24. The summed E-state index contributed by atoms with van der Waals surface area (Å²) in [4.78, 5) is 12.6. The number of ether oxygens (including phenoxy) is 2. The highest BCUT2D eigenvalue weighted by molar-refractivity contribution is 5.90. The minimum absolute atomic E-state index is 0.0965. The fourth-order valence-electron chi connectivity index (χ4n) is 4.81. The lowest BCUT2D eigenvalue weighted by molar-refractivity contribution is 0.0189. The van der Waals surface area contributed by atoms with Crippen molar-refractivity contribution in [1.29, 1.82) is 0 Å². The van der Waals surface area contributed by atoms with Crippen molar-refractivity contribution < 1.29 is 27.4 Å². The van der Waals surface area contributed by atoms with E-state index in [9.17, 15) is 18.0 Å². The van der Waals surface area contributed by atoms with E-state index in [2.05, 4.69) is 6.92 Å². The van der Waals surface area contributed by atoms with Crippen molar-refractivity contribution in [3.05, 3.63) is 88.7 Å². The van der Waals surface area contributed by atoms with E-state index < -0.39 is 29.3 Å². The van der Waals surface area contributed by atoms with E-state index >= 15 is 0 Å². The minimum Gasteiger partial charge on any atom is -0.491 e. The molecule has 0 N–H and O–H groups in total. The molecule has 3 aromatic rings. The monoisotopic (exact) mass is 510 g/mol. The van der Waals surface area contributed by atoms with Crippen LogP contribution in [-0.4, -0.2) is 18.7 Å².